The van der Waals surface area contributed by atoms with Gasteiger partial charge in [-0.1, -0.05) is 11.6 Å². The summed E-state index contributed by atoms with van der Waals surface area (Å²) < 4.78 is 49.5. The molecule has 0 saturated carbocycles. The topological polar surface area (TPSA) is 71.4 Å². The van der Waals surface area contributed by atoms with E-state index in [0.717, 1.165) is 23.4 Å². The number of anilines is 1. The SMILES string of the molecule is OCc1cc(NCc2ccc(-c3ccc(C(F)(F)F)cc3Cl)o2)ccc1-c1cnco1. The number of hydrogen-bond donors (Lipinski definition) is 2. The Hall–Kier alpha value is -3.23. The molecule has 31 heavy (non-hydrogen) atoms. The number of aliphatic hydroxyl groups is 1. The fourth-order valence-corrected chi connectivity index (χ4v) is 3.40. The van der Waals surface area contributed by atoms with Gasteiger partial charge in [-0.3, -0.25) is 0 Å². The first-order valence-electron chi connectivity index (χ1n) is 9.17. The number of rotatable bonds is 6. The molecular weight excluding hydrogens is 433 g/mol. The summed E-state index contributed by atoms with van der Waals surface area (Å²) in [6.07, 6.45) is -1.57. The van der Waals surface area contributed by atoms with Crippen LogP contribution in [0.2, 0.25) is 5.02 Å². The molecule has 0 aliphatic carbocycles. The van der Waals surface area contributed by atoms with Gasteiger partial charge >= 0.3 is 6.18 Å². The fourth-order valence-electron chi connectivity index (χ4n) is 3.12. The Balaban J connectivity index is 1.48. The standard InChI is InChI=1S/C22H16ClF3N2O3/c23-19-8-14(22(24,25)26)1-4-18(19)20-6-3-16(31-20)9-28-15-2-5-17(13(7-15)11-29)21-10-27-12-30-21/h1-8,10,12,28-29H,9,11H2. The summed E-state index contributed by atoms with van der Waals surface area (Å²) in [7, 11) is 0. The number of nitrogens with one attached hydrogen (secondary N) is 1. The monoisotopic (exact) mass is 448 g/mol. The number of aromatic nitrogens is 1. The minimum absolute atomic E-state index is 0.0423. The third-order valence-corrected chi connectivity index (χ3v) is 4.98. The van der Waals surface area contributed by atoms with Gasteiger partial charge < -0.3 is 19.3 Å². The van der Waals surface area contributed by atoms with Gasteiger partial charge in [0.25, 0.3) is 0 Å². The molecule has 5 nitrogen and oxygen atoms in total. The number of halogens is 4. The van der Waals surface area contributed by atoms with Gasteiger partial charge in [0, 0.05) is 16.8 Å². The molecule has 4 aromatic rings. The summed E-state index contributed by atoms with van der Waals surface area (Å²) in [6.45, 7) is 0.146. The molecule has 0 amide bonds. The first-order chi connectivity index (χ1) is 14.8. The van der Waals surface area contributed by atoms with Crippen molar-refractivity contribution in [3.05, 3.63) is 83.0 Å². The van der Waals surface area contributed by atoms with E-state index in [2.05, 4.69) is 10.3 Å². The summed E-state index contributed by atoms with van der Waals surface area (Å²) in [5.41, 5.74) is 1.71. The van der Waals surface area contributed by atoms with Crippen molar-refractivity contribution in [2.45, 2.75) is 19.3 Å². The Labute approximate surface area is 180 Å². The van der Waals surface area contributed by atoms with E-state index >= 15 is 0 Å². The lowest BCUT2D eigenvalue weighted by Crippen LogP contribution is -2.04. The summed E-state index contributed by atoms with van der Waals surface area (Å²) >= 11 is 6.03. The zero-order chi connectivity index (χ0) is 22.0. The summed E-state index contributed by atoms with van der Waals surface area (Å²) in [5.74, 6) is 1.49. The molecule has 4 rings (SSSR count). The zero-order valence-electron chi connectivity index (χ0n) is 15.9. The summed E-state index contributed by atoms with van der Waals surface area (Å²) in [5, 5.41) is 12.8. The van der Waals surface area contributed by atoms with Crippen molar-refractivity contribution in [1.29, 1.82) is 0 Å². The molecule has 2 N–H and O–H groups in total. The predicted molar refractivity (Wildman–Crippen MR) is 109 cm³/mol. The van der Waals surface area contributed by atoms with Crippen LogP contribution in [0.5, 0.6) is 0 Å². The Kier molecular flexibility index (Phi) is 5.75. The van der Waals surface area contributed by atoms with E-state index in [1.807, 2.05) is 12.1 Å². The largest absolute Gasteiger partial charge is 0.459 e. The van der Waals surface area contributed by atoms with Crippen LogP contribution < -0.4 is 5.32 Å². The second kappa shape index (κ2) is 8.49. The quantitative estimate of drug-likeness (QED) is 0.358. The number of alkyl halides is 3. The van der Waals surface area contributed by atoms with E-state index in [1.54, 1.807) is 24.4 Å². The molecule has 2 aromatic carbocycles. The van der Waals surface area contributed by atoms with Gasteiger partial charge in [0.2, 0.25) is 0 Å². The molecule has 0 fully saturated rings. The molecule has 9 heteroatoms. The molecule has 2 heterocycles. The molecule has 0 aliphatic heterocycles. The van der Waals surface area contributed by atoms with E-state index in [4.69, 9.17) is 20.4 Å². The lowest BCUT2D eigenvalue weighted by molar-refractivity contribution is -0.137. The normalized spacial score (nSPS) is 11.6. The van der Waals surface area contributed by atoms with Crippen LogP contribution >= 0.6 is 11.6 Å². The van der Waals surface area contributed by atoms with Gasteiger partial charge in [-0.25, -0.2) is 4.98 Å². The van der Waals surface area contributed by atoms with Crippen molar-refractivity contribution in [2.75, 3.05) is 5.32 Å². The number of benzene rings is 2. The van der Waals surface area contributed by atoms with E-state index in [0.29, 0.717) is 35.0 Å². The lowest BCUT2D eigenvalue weighted by atomic mass is 10.1. The molecule has 0 saturated heterocycles. The molecular formula is C22H16ClF3N2O3. The van der Waals surface area contributed by atoms with Crippen molar-refractivity contribution < 1.29 is 27.1 Å². The fraction of sp³-hybridized carbons (Fsp3) is 0.136. The number of furan rings is 1. The highest BCUT2D eigenvalue weighted by Crippen LogP contribution is 2.36. The van der Waals surface area contributed by atoms with Crippen LogP contribution in [0.15, 0.2) is 70.0 Å². The number of aliphatic hydroxyl groups excluding tert-OH is 1. The van der Waals surface area contributed by atoms with Crippen molar-refractivity contribution in [3.8, 4) is 22.6 Å². The minimum Gasteiger partial charge on any atom is -0.459 e. The van der Waals surface area contributed by atoms with E-state index in [-0.39, 0.29) is 11.6 Å². The van der Waals surface area contributed by atoms with Gasteiger partial charge in [0.15, 0.2) is 12.2 Å². The third-order valence-electron chi connectivity index (χ3n) is 4.66. The second-order valence-corrected chi connectivity index (χ2v) is 7.11. The Morgan fingerprint density at radius 2 is 1.81 bits per heavy atom. The smallest absolute Gasteiger partial charge is 0.416 e. The molecule has 0 unspecified atom stereocenters. The van der Waals surface area contributed by atoms with Crippen LogP contribution in [0.3, 0.4) is 0 Å². The van der Waals surface area contributed by atoms with Crippen molar-refractivity contribution in [3.63, 3.8) is 0 Å². The van der Waals surface area contributed by atoms with Gasteiger partial charge in [0.1, 0.15) is 11.5 Å². The maximum Gasteiger partial charge on any atom is 0.416 e. The third kappa shape index (κ3) is 4.60. The minimum atomic E-state index is -4.46. The van der Waals surface area contributed by atoms with Crippen LogP contribution in [0.25, 0.3) is 22.6 Å². The Morgan fingerprint density at radius 3 is 2.48 bits per heavy atom. The molecule has 0 bridgehead atoms. The summed E-state index contributed by atoms with van der Waals surface area (Å²) in [4.78, 5) is 3.88. The molecule has 0 aliphatic rings. The van der Waals surface area contributed by atoms with Crippen LogP contribution in [-0.4, -0.2) is 10.1 Å². The molecule has 2 aromatic heterocycles. The van der Waals surface area contributed by atoms with Crippen molar-refractivity contribution >= 4 is 17.3 Å². The highest BCUT2D eigenvalue weighted by molar-refractivity contribution is 6.33. The van der Waals surface area contributed by atoms with Crippen molar-refractivity contribution in [1.82, 2.24) is 4.98 Å². The molecule has 0 atom stereocenters. The van der Waals surface area contributed by atoms with Crippen molar-refractivity contribution in [2.24, 2.45) is 0 Å². The van der Waals surface area contributed by atoms with E-state index < -0.39 is 11.7 Å². The van der Waals surface area contributed by atoms with Gasteiger partial charge in [-0.05, 0) is 54.1 Å². The van der Waals surface area contributed by atoms with Crippen LogP contribution in [0.4, 0.5) is 18.9 Å². The second-order valence-electron chi connectivity index (χ2n) is 6.71. The van der Waals surface area contributed by atoms with Gasteiger partial charge in [-0.15, -0.1) is 0 Å². The van der Waals surface area contributed by atoms with Crippen LogP contribution in [0, 0.1) is 0 Å². The summed E-state index contributed by atoms with van der Waals surface area (Å²) in [6, 6.07) is 11.9. The number of hydrogen-bond acceptors (Lipinski definition) is 5. The Morgan fingerprint density at radius 1 is 1.00 bits per heavy atom. The van der Waals surface area contributed by atoms with Crippen LogP contribution in [0.1, 0.15) is 16.9 Å². The van der Waals surface area contributed by atoms with Crippen LogP contribution in [-0.2, 0) is 19.3 Å². The predicted octanol–water partition coefficient (Wildman–Crippen LogP) is 6.38. The average Bonchev–Trinajstić information content (AvgIpc) is 3.43. The first-order valence-corrected chi connectivity index (χ1v) is 9.55. The highest BCUT2D eigenvalue weighted by atomic mass is 35.5. The van der Waals surface area contributed by atoms with Gasteiger partial charge in [0.05, 0.1) is 29.9 Å². The number of nitrogens with zero attached hydrogens (tertiary/aromatic N) is 1. The first kappa shape index (κ1) is 21.0. The lowest BCUT2D eigenvalue weighted by Gasteiger charge is -2.10. The van der Waals surface area contributed by atoms with Gasteiger partial charge in [-0.2, -0.15) is 13.2 Å². The number of oxazole rings is 1. The molecule has 0 radical (unpaired) electrons. The Bertz CT molecular complexity index is 1190. The van der Waals surface area contributed by atoms with E-state index in [9.17, 15) is 18.3 Å². The molecule has 0 spiro atoms. The average molecular weight is 449 g/mol. The zero-order valence-corrected chi connectivity index (χ0v) is 16.7. The molecule has 160 valence electrons. The maximum absolute atomic E-state index is 12.8. The maximum atomic E-state index is 12.8. The highest BCUT2D eigenvalue weighted by Gasteiger charge is 2.31. The van der Waals surface area contributed by atoms with E-state index in [1.165, 1.54) is 12.5 Å².